The van der Waals surface area contributed by atoms with E-state index in [-0.39, 0.29) is 0 Å². The Balaban J connectivity index is 2.53. The van der Waals surface area contributed by atoms with E-state index in [9.17, 15) is 9.59 Å². The first kappa shape index (κ1) is 13.0. The Labute approximate surface area is 99.1 Å². The summed E-state index contributed by atoms with van der Waals surface area (Å²) in [5, 5.41) is 11.0. The van der Waals surface area contributed by atoms with Gasteiger partial charge in [-0.3, -0.25) is 4.79 Å². The van der Waals surface area contributed by atoms with Crippen LogP contribution in [0.4, 0.5) is 4.79 Å². The number of nitrogens with one attached hydrogen (secondary N) is 1. The van der Waals surface area contributed by atoms with Gasteiger partial charge in [-0.15, -0.1) is 0 Å². The number of aromatic nitrogens is 2. The number of aliphatic carboxylic acids is 1. The number of urea groups is 1. The normalized spacial score (nSPS) is 11.9. The highest BCUT2D eigenvalue weighted by Crippen LogP contribution is 1.99. The Kier molecular flexibility index (Phi) is 4.08. The molecule has 1 heterocycles. The van der Waals surface area contributed by atoms with Crippen molar-refractivity contribution >= 4 is 12.0 Å². The van der Waals surface area contributed by atoms with Gasteiger partial charge in [0.25, 0.3) is 0 Å². The summed E-state index contributed by atoms with van der Waals surface area (Å²) >= 11 is 0. The van der Waals surface area contributed by atoms with Gasteiger partial charge in [0.1, 0.15) is 11.9 Å². The minimum absolute atomic E-state index is 0.321. The molecule has 1 rings (SSSR count). The van der Waals surface area contributed by atoms with E-state index in [2.05, 4.69) is 10.3 Å². The SMILES string of the molecule is C[C@@H](NC(=O)N(C)Cc1nccn1C)C(=O)O. The molecule has 0 spiro atoms. The van der Waals surface area contributed by atoms with Crippen molar-refractivity contribution in [2.45, 2.75) is 19.5 Å². The summed E-state index contributed by atoms with van der Waals surface area (Å²) < 4.78 is 1.80. The third-order valence-corrected chi connectivity index (χ3v) is 2.36. The molecule has 0 fully saturated rings. The number of carboxylic acid groups (broad SMARTS) is 1. The molecule has 0 saturated heterocycles. The number of carbonyl (C=O) groups is 2. The average Bonchev–Trinajstić information content (AvgIpc) is 2.64. The zero-order valence-electron chi connectivity index (χ0n) is 10.0. The lowest BCUT2D eigenvalue weighted by Crippen LogP contribution is -2.45. The summed E-state index contributed by atoms with van der Waals surface area (Å²) in [6.45, 7) is 1.73. The molecule has 0 aliphatic heterocycles. The minimum Gasteiger partial charge on any atom is -0.480 e. The first-order chi connectivity index (χ1) is 7.91. The molecule has 7 nitrogen and oxygen atoms in total. The second-order valence-corrected chi connectivity index (χ2v) is 3.82. The van der Waals surface area contributed by atoms with Crippen LogP contribution < -0.4 is 5.32 Å². The number of rotatable bonds is 4. The smallest absolute Gasteiger partial charge is 0.325 e. The summed E-state index contributed by atoms with van der Waals surface area (Å²) in [4.78, 5) is 27.6. The van der Waals surface area contributed by atoms with Gasteiger partial charge >= 0.3 is 12.0 Å². The van der Waals surface area contributed by atoms with E-state index >= 15 is 0 Å². The van der Waals surface area contributed by atoms with Crippen molar-refractivity contribution in [2.75, 3.05) is 7.05 Å². The predicted molar refractivity (Wildman–Crippen MR) is 60.3 cm³/mol. The van der Waals surface area contributed by atoms with Gasteiger partial charge in [0.15, 0.2) is 0 Å². The Morgan fingerprint density at radius 2 is 2.29 bits per heavy atom. The van der Waals surface area contributed by atoms with Gasteiger partial charge in [0.2, 0.25) is 0 Å². The quantitative estimate of drug-likeness (QED) is 0.777. The molecule has 0 unspecified atom stereocenters. The minimum atomic E-state index is -1.07. The fraction of sp³-hybridized carbons (Fsp3) is 0.500. The number of carbonyl (C=O) groups excluding carboxylic acids is 1. The first-order valence-corrected chi connectivity index (χ1v) is 5.12. The second kappa shape index (κ2) is 5.33. The number of carboxylic acids is 1. The third-order valence-electron chi connectivity index (χ3n) is 2.36. The van der Waals surface area contributed by atoms with E-state index in [4.69, 9.17) is 5.11 Å². The van der Waals surface area contributed by atoms with Crippen molar-refractivity contribution in [1.82, 2.24) is 19.8 Å². The number of nitrogens with zero attached hydrogens (tertiary/aromatic N) is 3. The highest BCUT2D eigenvalue weighted by molar-refractivity contribution is 5.82. The van der Waals surface area contributed by atoms with E-state index in [1.807, 2.05) is 7.05 Å². The standard InChI is InChI=1S/C10H16N4O3/c1-7(9(15)16)12-10(17)14(3)6-8-11-4-5-13(8)2/h4-5,7H,6H2,1-3H3,(H,12,17)(H,15,16)/t7-/m1/s1. The molecule has 7 heteroatoms. The van der Waals surface area contributed by atoms with Gasteiger partial charge in [-0.2, -0.15) is 0 Å². The highest BCUT2D eigenvalue weighted by Gasteiger charge is 2.17. The molecule has 1 aromatic heterocycles. The van der Waals surface area contributed by atoms with Gasteiger partial charge in [0.05, 0.1) is 6.54 Å². The topological polar surface area (TPSA) is 87.5 Å². The molecular weight excluding hydrogens is 224 g/mol. The van der Waals surface area contributed by atoms with Crippen LogP contribution in [0, 0.1) is 0 Å². The molecule has 0 saturated carbocycles. The van der Waals surface area contributed by atoms with Crippen molar-refractivity contribution in [3.05, 3.63) is 18.2 Å². The largest absolute Gasteiger partial charge is 0.480 e. The molecule has 1 aromatic rings. The van der Waals surface area contributed by atoms with Crippen LogP contribution in [0.25, 0.3) is 0 Å². The van der Waals surface area contributed by atoms with E-state index in [0.29, 0.717) is 6.54 Å². The Bertz CT molecular complexity index is 415. The summed E-state index contributed by atoms with van der Waals surface area (Å²) in [5.41, 5.74) is 0. The predicted octanol–water partition coefficient (Wildman–Crippen LogP) is 0.0346. The fourth-order valence-electron chi connectivity index (χ4n) is 1.19. The maximum Gasteiger partial charge on any atom is 0.325 e. The van der Waals surface area contributed by atoms with Crippen LogP contribution in [0.15, 0.2) is 12.4 Å². The van der Waals surface area contributed by atoms with Gasteiger partial charge in [-0.25, -0.2) is 9.78 Å². The Morgan fingerprint density at radius 1 is 1.65 bits per heavy atom. The number of imidazole rings is 1. The molecular formula is C10H16N4O3. The molecule has 0 aliphatic carbocycles. The maximum atomic E-state index is 11.6. The molecule has 17 heavy (non-hydrogen) atoms. The van der Waals surface area contributed by atoms with Crippen LogP contribution in [0.1, 0.15) is 12.7 Å². The van der Waals surface area contributed by atoms with Gasteiger partial charge in [-0.05, 0) is 6.92 Å². The van der Waals surface area contributed by atoms with Gasteiger partial charge < -0.3 is 19.9 Å². The molecule has 2 N–H and O–H groups in total. The molecule has 94 valence electrons. The summed E-state index contributed by atoms with van der Waals surface area (Å²) in [5.74, 6) is -0.339. The van der Waals surface area contributed by atoms with E-state index in [1.165, 1.54) is 11.8 Å². The molecule has 0 radical (unpaired) electrons. The number of hydrogen-bond acceptors (Lipinski definition) is 3. The number of hydrogen-bond donors (Lipinski definition) is 2. The summed E-state index contributed by atoms with van der Waals surface area (Å²) in [7, 11) is 3.41. The number of aryl methyl sites for hydroxylation is 1. The summed E-state index contributed by atoms with van der Waals surface area (Å²) in [6.07, 6.45) is 3.42. The van der Waals surface area contributed by atoms with E-state index in [0.717, 1.165) is 5.82 Å². The van der Waals surface area contributed by atoms with Crippen LogP contribution in [0.3, 0.4) is 0 Å². The Morgan fingerprint density at radius 3 is 2.76 bits per heavy atom. The van der Waals surface area contributed by atoms with Crippen LogP contribution in [0.5, 0.6) is 0 Å². The maximum absolute atomic E-state index is 11.6. The van der Waals surface area contributed by atoms with Gasteiger partial charge in [-0.1, -0.05) is 0 Å². The molecule has 2 amide bonds. The second-order valence-electron chi connectivity index (χ2n) is 3.82. The van der Waals surface area contributed by atoms with Crippen molar-refractivity contribution in [3.8, 4) is 0 Å². The monoisotopic (exact) mass is 240 g/mol. The summed E-state index contributed by atoms with van der Waals surface area (Å²) in [6, 6.07) is -1.35. The van der Waals surface area contributed by atoms with Crippen molar-refractivity contribution in [2.24, 2.45) is 7.05 Å². The van der Waals surface area contributed by atoms with Crippen LogP contribution in [-0.2, 0) is 18.4 Å². The zero-order chi connectivity index (χ0) is 13.0. The lowest BCUT2D eigenvalue weighted by Gasteiger charge is -2.19. The Hall–Kier alpha value is -2.05. The molecule has 0 aliphatic rings. The van der Waals surface area contributed by atoms with Gasteiger partial charge in [0, 0.05) is 26.5 Å². The lowest BCUT2D eigenvalue weighted by molar-refractivity contribution is -0.138. The molecule has 0 aromatic carbocycles. The average molecular weight is 240 g/mol. The highest BCUT2D eigenvalue weighted by atomic mass is 16.4. The molecule has 1 atom stereocenters. The molecule has 0 bridgehead atoms. The van der Waals surface area contributed by atoms with E-state index in [1.54, 1.807) is 24.0 Å². The van der Waals surface area contributed by atoms with Crippen LogP contribution in [-0.4, -0.2) is 44.6 Å². The first-order valence-electron chi connectivity index (χ1n) is 5.12. The third kappa shape index (κ3) is 3.47. The van der Waals surface area contributed by atoms with Crippen molar-refractivity contribution in [3.63, 3.8) is 0 Å². The fourth-order valence-corrected chi connectivity index (χ4v) is 1.19. The van der Waals surface area contributed by atoms with Crippen molar-refractivity contribution in [1.29, 1.82) is 0 Å². The van der Waals surface area contributed by atoms with Crippen molar-refractivity contribution < 1.29 is 14.7 Å². The van der Waals surface area contributed by atoms with E-state index < -0.39 is 18.0 Å². The zero-order valence-corrected chi connectivity index (χ0v) is 10.0. The van der Waals surface area contributed by atoms with Crippen LogP contribution >= 0.6 is 0 Å². The number of amides is 2. The van der Waals surface area contributed by atoms with Crippen LogP contribution in [0.2, 0.25) is 0 Å². The lowest BCUT2D eigenvalue weighted by atomic mass is 10.3.